The molecule has 1 aromatic rings. The molecule has 0 aliphatic heterocycles. The third-order valence-corrected chi connectivity index (χ3v) is 4.90. The van der Waals surface area contributed by atoms with Gasteiger partial charge < -0.3 is 5.11 Å². The first-order valence-corrected chi connectivity index (χ1v) is 7.49. The SMILES string of the molecule is CC(C)c1ccc(SC2CCCCC2O)cc1. The molecule has 1 fully saturated rings. The van der Waals surface area contributed by atoms with Gasteiger partial charge in [-0.05, 0) is 36.5 Å². The zero-order chi connectivity index (χ0) is 12.3. The van der Waals surface area contributed by atoms with Crippen LogP contribution in [-0.4, -0.2) is 16.5 Å². The average Bonchev–Trinajstić information content (AvgIpc) is 2.33. The van der Waals surface area contributed by atoms with E-state index in [4.69, 9.17) is 0 Å². The number of hydrogen-bond donors (Lipinski definition) is 1. The number of benzene rings is 1. The second-order valence-electron chi connectivity index (χ2n) is 5.23. The molecule has 0 saturated heterocycles. The lowest BCUT2D eigenvalue weighted by atomic mass is 9.97. The maximum absolute atomic E-state index is 9.95. The number of hydrogen-bond acceptors (Lipinski definition) is 2. The molecule has 1 saturated carbocycles. The first-order valence-electron chi connectivity index (χ1n) is 6.61. The van der Waals surface area contributed by atoms with E-state index in [2.05, 4.69) is 38.1 Å². The van der Waals surface area contributed by atoms with Crippen LogP contribution in [0.15, 0.2) is 29.2 Å². The molecule has 2 rings (SSSR count). The highest BCUT2D eigenvalue weighted by molar-refractivity contribution is 8.00. The van der Waals surface area contributed by atoms with Gasteiger partial charge in [0.05, 0.1) is 6.10 Å². The normalized spacial score (nSPS) is 25.2. The van der Waals surface area contributed by atoms with Crippen LogP contribution < -0.4 is 0 Å². The summed E-state index contributed by atoms with van der Waals surface area (Å²) in [5.74, 6) is 0.592. The van der Waals surface area contributed by atoms with Crippen LogP contribution in [-0.2, 0) is 0 Å². The van der Waals surface area contributed by atoms with Crippen molar-refractivity contribution in [3.63, 3.8) is 0 Å². The van der Waals surface area contributed by atoms with Crippen LogP contribution in [0, 0.1) is 0 Å². The molecule has 2 atom stereocenters. The molecule has 0 radical (unpaired) electrons. The van der Waals surface area contributed by atoms with Gasteiger partial charge in [0.25, 0.3) is 0 Å². The molecule has 0 heterocycles. The van der Waals surface area contributed by atoms with Gasteiger partial charge in [0.1, 0.15) is 0 Å². The van der Waals surface area contributed by atoms with Gasteiger partial charge in [-0.2, -0.15) is 0 Å². The highest BCUT2D eigenvalue weighted by Gasteiger charge is 2.23. The van der Waals surface area contributed by atoms with Crippen LogP contribution in [0.3, 0.4) is 0 Å². The van der Waals surface area contributed by atoms with Gasteiger partial charge in [0.15, 0.2) is 0 Å². The van der Waals surface area contributed by atoms with E-state index in [0.29, 0.717) is 11.2 Å². The Hall–Kier alpha value is -0.470. The van der Waals surface area contributed by atoms with E-state index in [1.807, 2.05) is 11.8 Å². The van der Waals surface area contributed by atoms with E-state index in [1.165, 1.54) is 23.3 Å². The van der Waals surface area contributed by atoms with Crippen molar-refractivity contribution >= 4 is 11.8 Å². The molecule has 1 aromatic carbocycles. The molecule has 0 amide bonds. The highest BCUT2D eigenvalue weighted by atomic mass is 32.2. The van der Waals surface area contributed by atoms with Crippen LogP contribution in [0.2, 0.25) is 0 Å². The molecular formula is C15H22OS. The van der Waals surface area contributed by atoms with Gasteiger partial charge in [-0.3, -0.25) is 0 Å². The maximum Gasteiger partial charge on any atom is 0.0662 e. The Morgan fingerprint density at radius 2 is 1.76 bits per heavy atom. The third-order valence-electron chi connectivity index (χ3n) is 3.50. The van der Waals surface area contributed by atoms with Crippen LogP contribution in [0.1, 0.15) is 51.0 Å². The molecular weight excluding hydrogens is 228 g/mol. The smallest absolute Gasteiger partial charge is 0.0662 e. The van der Waals surface area contributed by atoms with E-state index < -0.39 is 0 Å². The largest absolute Gasteiger partial charge is 0.392 e. The molecule has 1 aliphatic rings. The Morgan fingerprint density at radius 1 is 1.12 bits per heavy atom. The highest BCUT2D eigenvalue weighted by Crippen LogP contribution is 2.34. The minimum atomic E-state index is -0.112. The molecule has 94 valence electrons. The molecule has 1 nitrogen and oxygen atoms in total. The quantitative estimate of drug-likeness (QED) is 0.867. The molecule has 2 heteroatoms. The minimum absolute atomic E-state index is 0.112. The van der Waals surface area contributed by atoms with E-state index in [0.717, 1.165) is 12.8 Å². The Bertz CT molecular complexity index is 344. The molecule has 1 aliphatic carbocycles. The summed E-state index contributed by atoms with van der Waals surface area (Å²) in [6, 6.07) is 8.81. The Kier molecular flexibility index (Phi) is 4.52. The fourth-order valence-electron chi connectivity index (χ4n) is 2.32. The molecule has 1 N–H and O–H groups in total. The van der Waals surface area contributed by atoms with Crippen molar-refractivity contribution < 1.29 is 5.11 Å². The third kappa shape index (κ3) is 3.49. The summed E-state index contributed by atoms with van der Waals surface area (Å²) < 4.78 is 0. The molecule has 0 bridgehead atoms. The van der Waals surface area contributed by atoms with Crippen LogP contribution >= 0.6 is 11.8 Å². The van der Waals surface area contributed by atoms with Crippen molar-refractivity contribution in [2.24, 2.45) is 0 Å². The van der Waals surface area contributed by atoms with Gasteiger partial charge in [-0.25, -0.2) is 0 Å². The van der Waals surface area contributed by atoms with Crippen molar-refractivity contribution in [2.75, 3.05) is 0 Å². The summed E-state index contributed by atoms with van der Waals surface area (Å²) in [7, 11) is 0. The number of aliphatic hydroxyl groups is 1. The van der Waals surface area contributed by atoms with Gasteiger partial charge in [-0.1, -0.05) is 38.8 Å². The lowest BCUT2D eigenvalue weighted by Gasteiger charge is -2.27. The van der Waals surface area contributed by atoms with Gasteiger partial charge in [-0.15, -0.1) is 11.8 Å². The summed E-state index contributed by atoms with van der Waals surface area (Å²) in [6.07, 6.45) is 4.46. The first kappa shape index (κ1) is 13.0. The van der Waals surface area contributed by atoms with Crippen molar-refractivity contribution in [3.8, 4) is 0 Å². The number of rotatable bonds is 3. The van der Waals surface area contributed by atoms with Gasteiger partial charge in [0.2, 0.25) is 0 Å². The minimum Gasteiger partial charge on any atom is -0.392 e. The summed E-state index contributed by atoms with van der Waals surface area (Å²) in [4.78, 5) is 1.29. The van der Waals surface area contributed by atoms with E-state index in [-0.39, 0.29) is 6.10 Å². The predicted molar refractivity (Wildman–Crippen MR) is 74.7 cm³/mol. The fraction of sp³-hybridized carbons (Fsp3) is 0.600. The van der Waals surface area contributed by atoms with Crippen LogP contribution in [0.5, 0.6) is 0 Å². The van der Waals surface area contributed by atoms with Gasteiger partial charge >= 0.3 is 0 Å². The van der Waals surface area contributed by atoms with Crippen molar-refractivity contribution in [1.82, 2.24) is 0 Å². The second kappa shape index (κ2) is 5.92. The maximum atomic E-state index is 9.95. The van der Waals surface area contributed by atoms with Crippen molar-refractivity contribution in [2.45, 2.75) is 61.7 Å². The predicted octanol–water partition coefficient (Wildman–Crippen LogP) is 4.21. The topological polar surface area (TPSA) is 20.2 Å². The summed E-state index contributed by atoms with van der Waals surface area (Å²) in [5, 5.41) is 10.3. The fourth-order valence-corrected chi connectivity index (χ4v) is 3.54. The average molecular weight is 250 g/mol. The lowest BCUT2D eigenvalue weighted by molar-refractivity contribution is 0.137. The zero-order valence-corrected chi connectivity index (χ0v) is 11.5. The molecule has 2 unspecified atom stereocenters. The Balaban J connectivity index is 1.98. The molecule has 0 spiro atoms. The second-order valence-corrected chi connectivity index (χ2v) is 6.54. The number of thioether (sulfide) groups is 1. The summed E-state index contributed by atoms with van der Waals surface area (Å²) in [6.45, 7) is 4.43. The summed E-state index contributed by atoms with van der Waals surface area (Å²) >= 11 is 1.84. The van der Waals surface area contributed by atoms with E-state index in [1.54, 1.807) is 0 Å². The zero-order valence-electron chi connectivity index (χ0n) is 10.7. The van der Waals surface area contributed by atoms with E-state index in [9.17, 15) is 5.11 Å². The Morgan fingerprint density at radius 3 is 2.35 bits per heavy atom. The molecule has 17 heavy (non-hydrogen) atoms. The molecule has 0 aromatic heterocycles. The van der Waals surface area contributed by atoms with Crippen molar-refractivity contribution in [1.29, 1.82) is 0 Å². The van der Waals surface area contributed by atoms with Crippen LogP contribution in [0.4, 0.5) is 0 Å². The monoisotopic (exact) mass is 250 g/mol. The lowest BCUT2D eigenvalue weighted by Crippen LogP contribution is -2.26. The van der Waals surface area contributed by atoms with Crippen molar-refractivity contribution in [3.05, 3.63) is 29.8 Å². The number of aliphatic hydroxyl groups excluding tert-OH is 1. The Labute approximate surface area is 109 Å². The standard InChI is InChI=1S/C15H22OS/c1-11(2)12-7-9-13(10-8-12)17-15-6-4-3-5-14(15)16/h7-11,14-16H,3-6H2,1-2H3. The van der Waals surface area contributed by atoms with Crippen LogP contribution in [0.25, 0.3) is 0 Å². The summed E-state index contributed by atoms with van der Waals surface area (Å²) in [5.41, 5.74) is 1.39. The van der Waals surface area contributed by atoms with E-state index >= 15 is 0 Å². The van der Waals surface area contributed by atoms with Gasteiger partial charge in [0, 0.05) is 10.1 Å². The first-order chi connectivity index (χ1) is 8.16.